The van der Waals surface area contributed by atoms with E-state index in [4.69, 9.17) is 11.5 Å². The van der Waals surface area contributed by atoms with Gasteiger partial charge in [-0.2, -0.15) is 0 Å². The summed E-state index contributed by atoms with van der Waals surface area (Å²) in [6.45, 7) is 3.63. The molecule has 1 amide bonds. The molecule has 0 aliphatic rings. The van der Waals surface area contributed by atoms with E-state index in [-0.39, 0.29) is 11.9 Å². The number of carbonyl (C=O) groups is 1. The molecule has 0 aromatic carbocycles. The maximum Gasteiger partial charge on any atom is 0.223 e. The van der Waals surface area contributed by atoms with Gasteiger partial charge in [0.2, 0.25) is 5.91 Å². The van der Waals surface area contributed by atoms with Crippen LogP contribution in [0.4, 0.5) is 0 Å². The van der Waals surface area contributed by atoms with Crippen molar-refractivity contribution in [1.29, 1.82) is 0 Å². The normalized spacial score (nSPS) is 13.9. The molecule has 0 fully saturated rings. The lowest BCUT2D eigenvalue weighted by Crippen LogP contribution is -2.34. The third-order valence-corrected chi connectivity index (χ3v) is 4.38. The van der Waals surface area contributed by atoms with E-state index in [2.05, 4.69) is 15.9 Å². The summed E-state index contributed by atoms with van der Waals surface area (Å²) in [5.41, 5.74) is 10.8. The van der Waals surface area contributed by atoms with Gasteiger partial charge in [0.05, 0.1) is 0 Å². The van der Waals surface area contributed by atoms with Crippen LogP contribution >= 0.6 is 27.3 Å². The number of rotatable bonds is 4. The molecule has 4 N–H and O–H groups in total. The average molecular weight is 291 g/mol. The van der Waals surface area contributed by atoms with Gasteiger partial charge >= 0.3 is 0 Å². The fraction of sp³-hybridized carbons (Fsp3) is 0.500. The second-order valence-corrected chi connectivity index (χ2v) is 5.99. The smallest absolute Gasteiger partial charge is 0.223 e. The molecule has 15 heavy (non-hydrogen) atoms. The number of halogens is 1. The highest BCUT2D eigenvalue weighted by atomic mass is 79.9. The zero-order chi connectivity index (χ0) is 11.6. The molecule has 84 valence electrons. The molecular weight excluding hydrogens is 276 g/mol. The Morgan fingerprint density at radius 2 is 2.27 bits per heavy atom. The molecule has 0 radical (unpaired) electrons. The SMILES string of the molecule is CC(C)(CC(N)c1sccc1Br)C(N)=O. The number of hydrogen-bond acceptors (Lipinski definition) is 3. The summed E-state index contributed by atoms with van der Waals surface area (Å²) in [5.74, 6) is -0.314. The summed E-state index contributed by atoms with van der Waals surface area (Å²) in [6.07, 6.45) is 0.557. The van der Waals surface area contributed by atoms with Crippen LogP contribution in [0.1, 0.15) is 31.2 Å². The Balaban J connectivity index is 2.76. The van der Waals surface area contributed by atoms with E-state index in [1.807, 2.05) is 25.3 Å². The van der Waals surface area contributed by atoms with Crippen LogP contribution in [-0.2, 0) is 4.79 Å². The van der Waals surface area contributed by atoms with Gasteiger partial charge in [-0.05, 0) is 33.8 Å². The number of thiophene rings is 1. The molecule has 1 unspecified atom stereocenters. The van der Waals surface area contributed by atoms with Crippen LogP contribution in [0, 0.1) is 5.41 Å². The minimum absolute atomic E-state index is 0.151. The van der Waals surface area contributed by atoms with Gasteiger partial charge in [0.25, 0.3) is 0 Å². The minimum Gasteiger partial charge on any atom is -0.369 e. The molecule has 1 aromatic rings. The van der Waals surface area contributed by atoms with Crippen molar-refractivity contribution < 1.29 is 4.79 Å². The number of hydrogen-bond donors (Lipinski definition) is 2. The molecule has 0 spiro atoms. The molecule has 0 saturated heterocycles. The van der Waals surface area contributed by atoms with Crippen LogP contribution in [0.25, 0.3) is 0 Å². The zero-order valence-corrected chi connectivity index (χ0v) is 11.2. The summed E-state index contributed by atoms with van der Waals surface area (Å²) in [5, 5.41) is 1.97. The lowest BCUT2D eigenvalue weighted by molar-refractivity contribution is -0.126. The lowest BCUT2D eigenvalue weighted by Gasteiger charge is -2.24. The molecule has 0 aliphatic carbocycles. The van der Waals surface area contributed by atoms with Gasteiger partial charge < -0.3 is 11.5 Å². The number of nitrogens with two attached hydrogens (primary N) is 2. The highest BCUT2D eigenvalue weighted by Crippen LogP contribution is 2.34. The summed E-state index contributed by atoms with van der Waals surface area (Å²) < 4.78 is 1.00. The molecule has 1 aromatic heterocycles. The standard InChI is InChI=1S/C10H15BrN2OS/c1-10(2,9(13)14)5-7(12)8-6(11)3-4-15-8/h3-4,7H,5,12H2,1-2H3,(H2,13,14). The van der Waals surface area contributed by atoms with Crippen LogP contribution in [-0.4, -0.2) is 5.91 Å². The second-order valence-electron chi connectivity index (χ2n) is 4.19. The third kappa shape index (κ3) is 3.03. The minimum atomic E-state index is -0.567. The van der Waals surface area contributed by atoms with Crippen LogP contribution < -0.4 is 11.5 Å². The largest absolute Gasteiger partial charge is 0.369 e. The van der Waals surface area contributed by atoms with Crippen LogP contribution in [0.3, 0.4) is 0 Å². The Labute approximate surface area is 102 Å². The van der Waals surface area contributed by atoms with Crippen molar-refractivity contribution in [3.05, 3.63) is 20.8 Å². The van der Waals surface area contributed by atoms with E-state index in [0.29, 0.717) is 6.42 Å². The zero-order valence-electron chi connectivity index (χ0n) is 8.79. The van der Waals surface area contributed by atoms with Crippen molar-refractivity contribution in [1.82, 2.24) is 0 Å². The third-order valence-electron chi connectivity index (χ3n) is 2.38. The quantitative estimate of drug-likeness (QED) is 0.894. The first-order chi connectivity index (χ1) is 6.84. The van der Waals surface area contributed by atoms with E-state index in [1.54, 1.807) is 11.3 Å². The Hall–Kier alpha value is -0.390. The molecule has 1 heterocycles. The van der Waals surface area contributed by atoms with E-state index in [9.17, 15) is 4.79 Å². The monoisotopic (exact) mass is 290 g/mol. The van der Waals surface area contributed by atoms with Crippen LogP contribution in [0.5, 0.6) is 0 Å². The summed E-state index contributed by atoms with van der Waals surface area (Å²) in [6, 6.07) is 1.80. The molecule has 1 rings (SSSR count). The fourth-order valence-corrected chi connectivity index (χ4v) is 2.98. The van der Waals surface area contributed by atoms with E-state index in [0.717, 1.165) is 9.35 Å². The number of primary amides is 1. The maximum atomic E-state index is 11.2. The Morgan fingerprint density at radius 1 is 1.67 bits per heavy atom. The van der Waals surface area contributed by atoms with E-state index < -0.39 is 5.41 Å². The summed E-state index contributed by atoms with van der Waals surface area (Å²) in [7, 11) is 0. The average Bonchev–Trinajstić information content (AvgIpc) is 2.50. The second kappa shape index (κ2) is 4.63. The fourth-order valence-electron chi connectivity index (χ4n) is 1.31. The van der Waals surface area contributed by atoms with E-state index >= 15 is 0 Å². The number of carbonyl (C=O) groups excluding carboxylic acids is 1. The first-order valence-corrected chi connectivity index (χ1v) is 6.30. The molecule has 3 nitrogen and oxygen atoms in total. The maximum absolute atomic E-state index is 11.2. The van der Waals surface area contributed by atoms with Crippen molar-refractivity contribution in [2.24, 2.45) is 16.9 Å². The van der Waals surface area contributed by atoms with Crippen molar-refractivity contribution in [3.8, 4) is 0 Å². The topological polar surface area (TPSA) is 69.1 Å². The van der Waals surface area contributed by atoms with Gasteiger partial charge in [-0.3, -0.25) is 4.79 Å². The van der Waals surface area contributed by atoms with Crippen molar-refractivity contribution >= 4 is 33.2 Å². The molecular formula is C10H15BrN2OS. The van der Waals surface area contributed by atoms with Gasteiger partial charge in [0.15, 0.2) is 0 Å². The Bertz CT molecular complexity index is 362. The van der Waals surface area contributed by atoms with Crippen molar-refractivity contribution in [3.63, 3.8) is 0 Å². The van der Waals surface area contributed by atoms with Gasteiger partial charge in [-0.1, -0.05) is 13.8 Å². The lowest BCUT2D eigenvalue weighted by atomic mass is 9.85. The molecule has 0 bridgehead atoms. The first kappa shape index (κ1) is 12.7. The van der Waals surface area contributed by atoms with Crippen LogP contribution in [0.15, 0.2) is 15.9 Å². The highest BCUT2D eigenvalue weighted by Gasteiger charge is 2.29. The first-order valence-electron chi connectivity index (χ1n) is 4.63. The predicted molar refractivity (Wildman–Crippen MR) is 66.5 cm³/mol. The van der Waals surface area contributed by atoms with Gasteiger partial charge in [-0.25, -0.2) is 0 Å². The van der Waals surface area contributed by atoms with E-state index in [1.165, 1.54) is 0 Å². The number of amides is 1. The van der Waals surface area contributed by atoms with Gasteiger partial charge in [0.1, 0.15) is 0 Å². The molecule has 1 atom stereocenters. The Kier molecular flexibility index (Phi) is 3.92. The van der Waals surface area contributed by atoms with Crippen molar-refractivity contribution in [2.75, 3.05) is 0 Å². The Morgan fingerprint density at radius 3 is 2.67 bits per heavy atom. The molecule has 0 saturated carbocycles. The predicted octanol–water partition coefficient (Wildman–Crippen LogP) is 2.41. The molecule has 5 heteroatoms. The highest BCUT2D eigenvalue weighted by molar-refractivity contribution is 9.10. The summed E-state index contributed by atoms with van der Waals surface area (Å²) >= 11 is 5.01. The van der Waals surface area contributed by atoms with Crippen LogP contribution in [0.2, 0.25) is 0 Å². The summed E-state index contributed by atoms with van der Waals surface area (Å²) in [4.78, 5) is 12.2. The van der Waals surface area contributed by atoms with Gasteiger partial charge in [0, 0.05) is 20.8 Å². The van der Waals surface area contributed by atoms with Gasteiger partial charge in [-0.15, -0.1) is 11.3 Å². The molecule has 0 aliphatic heterocycles. The van der Waals surface area contributed by atoms with Crippen molar-refractivity contribution in [2.45, 2.75) is 26.3 Å².